The fourth-order valence-corrected chi connectivity index (χ4v) is 4.06. The van der Waals surface area contributed by atoms with Gasteiger partial charge < -0.3 is 4.98 Å². The molecule has 1 aromatic heterocycles. The SMILES string of the molecule is CN1CCN(S(=O)(=O)/C=C/c2ccccc2Cl)CC1c1ncc[nH]1. The minimum atomic E-state index is -3.52. The number of rotatable bonds is 4. The second kappa shape index (κ2) is 7.06. The Morgan fingerprint density at radius 3 is 2.83 bits per heavy atom. The summed E-state index contributed by atoms with van der Waals surface area (Å²) in [5, 5.41) is 1.74. The number of hydrogen-bond donors (Lipinski definition) is 1. The number of halogens is 1. The molecule has 2 heterocycles. The molecule has 1 aliphatic heterocycles. The van der Waals surface area contributed by atoms with Crippen molar-refractivity contribution in [2.75, 3.05) is 26.7 Å². The number of piperazine rings is 1. The maximum Gasteiger partial charge on any atom is 0.236 e. The van der Waals surface area contributed by atoms with Gasteiger partial charge in [0.25, 0.3) is 0 Å². The summed E-state index contributed by atoms with van der Waals surface area (Å²) in [7, 11) is -1.55. The number of imidazole rings is 1. The number of aromatic nitrogens is 2. The van der Waals surface area contributed by atoms with Gasteiger partial charge in [0.05, 0.1) is 6.04 Å². The molecule has 6 nitrogen and oxygen atoms in total. The lowest BCUT2D eigenvalue weighted by Crippen LogP contribution is -2.48. The molecule has 0 amide bonds. The van der Waals surface area contributed by atoms with Gasteiger partial charge in [-0.15, -0.1) is 0 Å². The van der Waals surface area contributed by atoms with Crippen molar-refractivity contribution in [3.05, 3.63) is 58.5 Å². The van der Waals surface area contributed by atoms with Gasteiger partial charge in [-0.3, -0.25) is 4.90 Å². The van der Waals surface area contributed by atoms with E-state index in [9.17, 15) is 8.42 Å². The normalized spacial score (nSPS) is 20.7. The Morgan fingerprint density at radius 2 is 2.12 bits per heavy atom. The number of benzene rings is 1. The summed E-state index contributed by atoms with van der Waals surface area (Å²) < 4.78 is 26.8. The third-order valence-corrected chi connectivity index (χ3v) is 6.01. The van der Waals surface area contributed by atoms with E-state index in [4.69, 9.17) is 11.6 Å². The van der Waals surface area contributed by atoms with E-state index in [1.807, 2.05) is 19.2 Å². The number of nitrogens with one attached hydrogen (secondary N) is 1. The third-order valence-electron chi connectivity index (χ3n) is 4.13. The number of nitrogens with zero attached hydrogens (tertiary/aromatic N) is 3. The first-order valence-corrected chi connectivity index (χ1v) is 9.48. The van der Waals surface area contributed by atoms with Gasteiger partial charge in [-0.2, -0.15) is 4.31 Å². The molecular formula is C16H19ClN4O2S. The second-order valence-electron chi connectivity index (χ2n) is 5.70. The van der Waals surface area contributed by atoms with Crippen LogP contribution in [0.4, 0.5) is 0 Å². The summed E-state index contributed by atoms with van der Waals surface area (Å²) >= 11 is 6.07. The summed E-state index contributed by atoms with van der Waals surface area (Å²) in [5.41, 5.74) is 0.680. The van der Waals surface area contributed by atoms with Crippen molar-refractivity contribution in [3.63, 3.8) is 0 Å². The first kappa shape index (κ1) is 17.2. The average Bonchev–Trinajstić information content (AvgIpc) is 3.08. The highest BCUT2D eigenvalue weighted by atomic mass is 35.5. The fraction of sp³-hybridized carbons (Fsp3) is 0.312. The van der Waals surface area contributed by atoms with E-state index < -0.39 is 10.0 Å². The largest absolute Gasteiger partial charge is 0.347 e. The molecule has 1 unspecified atom stereocenters. The molecule has 0 bridgehead atoms. The summed E-state index contributed by atoms with van der Waals surface area (Å²) in [4.78, 5) is 9.42. The first-order valence-electron chi connectivity index (χ1n) is 7.59. The Bertz CT molecular complexity index is 820. The van der Waals surface area contributed by atoms with E-state index in [1.165, 1.54) is 15.8 Å². The molecule has 128 valence electrons. The van der Waals surface area contributed by atoms with Crippen molar-refractivity contribution >= 4 is 27.7 Å². The molecule has 1 N–H and O–H groups in total. The zero-order chi connectivity index (χ0) is 17.2. The standard InChI is InChI=1S/C16H19ClN4O2S/c1-20-9-10-21(12-15(20)16-18-7-8-19-16)24(22,23)11-6-13-4-2-3-5-14(13)17/h2-8,11,15H,9-10,12H2,1H3,(H,18,19)/b11-6+. The fourth-order valence-electron chi connectivity index (χ4n) is 2.69. The topological polar surface area (TPSA) is 69.3 Å². The van der Waals surface area contributed by atoms with Crippen molar-refractivity contribution in [2.24, 2.45) is 0 Å². The Balaban J connectivity index is 1.78. The number of H-pyrrole nitrogens is 1. The minimum Gasteiger partial charge on any atom is -0.347 e. The van der Waals surface area contributed by atoms with Crippen LogP contribution in [0.5, 0.6) is 0 Å². The summed E-state index contributed by atoms with van der Waals surface area (Å²) in [6, 6.07) is 7.06. The molecule has 1 aromatic carbocycles. The third kappa shape index (κ3) is 3.70. The lowest BCUT2D eigenvalue weighted by molar-refractivity contribution is 0.143. The lowest BCUT2D eigenvalue weighted by atomic mass is 10.2. The monoisotopic (exact) mass is 366 g/mol. The van der Waals surface area contributed by atoms with Gasteiger partial charge in [-0.25, -0.2) is 13.4 Å². The van der Waals surface area contributed by atoms with E-state index in [0.29, 0.717) is 30.2 Å². The molecule has 1 fully saturated rings. The first-order chi connectivity index (χ1) is 11.5. The van der Waals surface area contributed by atoms with Crippen molar-refractivity contribution in [1.29, 1.82) is 0 Å². The minimum absolute atomic E-state index is 0.0859. The van der Waals surface area contributed by atoms with Gasteiger partial charge in [-0.1, -0.05) is 29.8 Å². The smallest absolute Gasteiger partial charge is 0.236 e. The highest BCUT2D eigenvalue weighted by Crippen LogP contribution is 2.24. The van der Waals surface area contributed by atoms with Crippen LogP contribution in [0.25, 0.3) is 6.08 Å². The van der Waals surface area contributed by atoms with Gasteiger partial charge in [0.1, 0.15) is 5.82 Å². The van der Waals surface area contributed by atoms with E-state index >= 15 is 0 Å². The highest BCUT2D eigenvalue weighted by Gasteiger charge is 2.32. The zero-order valence-corrected chi connectivity index (χ0v) is 14.8. The molecule has 1 atom stereocenters. The molecule has 2 aromatic rings. The molecule has 3 rings (SSSR count). The molecule has 1 aliphatic rings. The predicted molar refractivity (Wildman–Crippen MR) is 94.9 cm³/mol. The Morgan fingerprint density at radius 1 is 1.33 bits per heavy atom. The maximum atomic E-state index is 12.6. The van der Waals surface area contributed by atoms with Gasteiger partial charge >= 0.3 is 0 Å². The van der Waals surface area contributed by atoms with E-state index in [2.05, 4.69) is 14.9 Å². The van der Waals surface area contributed by atoms with Crippen LogP contribution in [0, 0.1) is 0 Å². The van der Waals surface area contributed by atoms with Crippen molar-refractivity contribution in [3.8, 4) is 0 Å². The van der Waals surface area contributed by atoms with Gasteiger partial charge in [-0.05, 0) is 24.8 Å². The molecule has 0 aliphatic carbocycles. The van der Waals surface area contributed by atoms with Gasteiger partial charge in [0.15, 0.2) is 0 Å². The number of sulfonamides is 1. The van der Waals surface area contributed by atoms with Crippen LogP contribution < -0.4 is 0 Å². The molecule has 0 radical (unpaired) electrons. The van der Waals surface area contributed by atoms with Crippen molar-refractivity contribution in [2.45, 2.75) is 6.04 Å². The Kier molecular flexibility index (Phi) is 5.05. The molecule has 1 saturated heterocycles. The van der Waals surface area contributed by atoms with Crippen LogP contribution >= 0.6 is 11.6 Å². The van der Waals surface area contributed by atoms with Gasteiger partial charge in [0, 0.05) is 42.5 Å². The van der Waals surface area contributed by atoms with Crippen LogP contribution in [-0.4, -0.2) is 54.3 Å². The van der Waals surface area contributed by atoms with Crippen molar-refractivity contribution in [1.82, 2.24) is 19.2 Å². The van der Waals surface area contributed by atoms with Gasteiger partial charge in [0.2, 0.25) is 10.0 Å². The number of likely N-dealkylation sites (N-methyl/N-ethyl adjacent to an activating group) is 1. The summed E-state index contributed by atoms with van der Waals surface area (Å²) in [5.74, 6) is 0.771. The van der Waals surface area contributed by atoms with Crippen molar-refractivity contribution < 1.29 is 8.42 Å². The number of aromatic amines is 1. The average molecular weight is 367 g/mol. The highest BCUT2D eigenvalue weighted by molar-refractivity contribution is 7.92. The predicted octanol–water partition coefficient (Wildman–Crippen LogP) is 2.35. The van der Waals surface area contributed by atoms with Crippen LogP contribution in [0.1, 0.15) is 17.4 Å². The molecule has 24 heavy (non-hydrogen) atoms. The van der Waals surface area contributed by atoms with Crippen LogP contribution in [0.15, 0.2) is 42.1 Å². The molecule has 0 spiro atoms. The maximum absolute atomic E-state index is 12.6. The molecule has 0 saturated carbocycles. The zero-order valence-electron chi connectivity index (χ0n) is 13.3. The second-order valence-corrected chi connectivity index (χ2v) is 7.92. The quantitative estimate of drug-likeness (QED) is 0.901. The summed E-state index contributed by atoms with van der Waals surface area (Å²) in [6.07, 6.45) is 4.96. The Hall–Kier alpha value is -1.67. The van der Waals surface area contributed by atoms with Crippen LogP contribution in [-0.2, 0) is 10.0 Å². The summed E-state index contributed by atoms with van der Waals surface area (Å²) in [6.45, 7) is 1.45. The van der Waals surface area contributed by atoms with Crippen LogP contribution in [0.3, 0.4) is 0 Å². The van der Waals surface area contributed by atoms with E-state index in [0.717, 1.165) is 5.82 Å². The van der Waals surface area contributed by atoms with E-state index in [1.54, 1.807) is 24.5 Å². The van der Waals surface area contributed by atoms with E-state index in [-0.39, 0.29) is 6.04 Å². The van der Waals surface area contributed by atoms with Crippen LogP contribution in [0.2, 0.25) is 5.02 Å². The molecule has 8 heteroatoms. The Labute approximate surface area is 146 Å². The lowest BCUT2D eigenvalue weighted by Gasteiger charge is -2.37. The number of hydrogen-bond acceptors (Lipinski definition) is 4. The molecular weight excluding hydrogens is 348 g/mol.